The average Bonchev–Trinajstić information content (AvgIpc) is 3.37. The molecule has 1 saturated heterocycles. The van der Waals surface area contributed by atoms with E-state index in [-0.39, 0.29) is 36.6 Å². The molecule has 3 rings (SSSR count). The summed E-state index contributed by atoms with van der Waals surface area (Å²) in [5, 5.41) is 6.63. The number of carbonyl (C=O) groups is 2. The highest BCUT2D eigenvalue weighted by Crippen LogP contribution is 2.17. The Morgan fingerprint density at radius 2 is 2.11 bits per heavy atom. The zero-order valence-electron chi connectivity index (χ0n) is 16.1. The van der Waals surface area contributed by atoms with Crippen LogP contribution in [0, 0.1) is 6.92 Å². The standard InChI is InChI=1S/C20H25N3O5/c1-14-12-18(22-28-14)20(25)23(13-17-4-3-11-27-17)10-9-19(24)21-15-5-7-16(26-2)8-6-15/h5-8,12,17H,3-4,9-11,13H2,1-2H3,(H,21,24)/t17-/m0/s1. The van der Waals surface area contributed by atoms with Crippen LogP contribution in [0.5, 0.6) is 5.75 Å². The van der Waals surface area contributed by atoms with Crippen molar-refractivity contribution in [1.82, 2.24) is 10.1 Å². The fourth-order valence-electron chi connectivity index (χ4n) is 3.07. The minimum Gasteiger partial charge on any atom is -0.497 e. The van der Waals surface area contributed by atoms with Gasteiger partial charge in [-0.15, -0.1) is 0 Å². The van der Waals surface area contributed by atoms with Gasteiger partial charge in [-0.2, -0.15) is 0 Å². The lowest BCUT2D eigenvalue weighted by Crippen LogP contribution is -2.39. The van der Waals surface area contributed by atoms with Gasteiger partial charge in [-0.3, -0.25) is 9.59 Å². The Labute approximate surface area is 163 Å². The predicted octanol–water partition coefficient (Wildman–Crippen LogP) is 2.64. The first-order valence-electron chi connectivity index (χ1n) is 9.33. The van der Waals surface area contributed by atoms with Crippen molar-refractivity contribution >= 4 is 17.5 Å². The molecule has 8 nitrogen and oxygen atoms in total. The minimum absolute atomic E-state index is 0.0124. The fraction of sp³-hybridized carbons (Fsp3) is 0.450. The zero-order valence-corrected chi connectivity index (χ0v) is 16.1. The third-order valence-electron chi connectivity index (χ3n) is 4.56. The molecule has 1 aromatic heterocycles. The van der Waals surface area contributed by atoms with E-state index in [2.05, 4.69) is 10.5 Å². The van der Waals surface area contributed by atoms with Crippen LogP contribution >= 0.6 is 0 Å². The second kappa shape index (κ2) is 9.36. The summed E-state index contributed by atoms with van der Waals surface area (Å²) >= 11 is 0. The van der Waals surface area contributed by atoms with Gasteiger partial charge in [0.2, 0.25) is 5.91 Å². The van der Waals surface area contributed by atoms with Crippen molar-refractivity contribution in [2.45, 2.75) is 32.3 Å². The topological polar surface area (TPSA) is 93.9 Å². The maximum Gasteiger partial charge on any atom is 0.276 e. The summed E-state index contributed by atoms with van der Waals surface area (Å²) in [7, 11) is 1.59. The molecule has 1 aliphatic rings. The number of aromatic nitrogens is 1. The largest absolute Gasteiger partial charge is 0.497 e. The molecule has 28 heavy (non-hydrogen) atoms. The SMILES string of the molecule is COc1ccc(NC(=O)CCN(C[C@@H]2CCCO2)C(=O)c2cc(C)on2)cc1. The number of hydrogen-bond donors (Lipinski definition) is 1. The van der Waals surface area contributed by atoms with Gasteiger partial charge >= 0.3 is 0 Å². The third kappa shape index (κ3) is 5.32. The highest BCUT2D eigenvalue weighted by molar-refractivity contribution is 5.94. The van der Waals surface area contributed by atoms with Crippen molar-refractivity contribution in [3.63, 3.8) is 0 Å². The molecule has 2 heterocycles. The van der Waals surface area contributed by atoms with E-state index in [1.54, 1.807) is 49.3 Å². The zero-order chi connectivity index (χ0) is 19.9. The van der Waals surface area contributed by atoms with Gasteiger partial charge < -0.3 is 24.2 Å². The van der Waals surface area contributed by atoms with Gasteiger partial charge in [-0.1, -0.05) is 5.16 Å². The number of carbonyl (C=O) groups excluding carboxylic acids is 2. The van der Waals surface area contributed by atoms with Gasteiger partial charge in [0.1, 0.15) is 11.5 Å². The van der Waals surface area contributed by atoms with Crippen LogP contribution in [0.2, 0.25) is 0 Å². The highest BCUT2D eigenvalue weighted by Gasteiger charge is 2.25. The van der Waals surface area contributed by atoms with E-state index >= 15 is 0 Å². The maximum atomic E-state index is 12.8. The molecule has 1 fully saturated rings. The second-order valence-corrected chi connectivity index (χ2v) is 6.74. The average molecular weight is 387 g/mol. The Morgan fingerprint density at radius 1 is 1.32 bits per heavy atom. The van der Waals surface area contributed by atoms with Gasteiger partial charge in [0.15, 0.2) is 5.69 Å². The molecule has 0 radical (unpaired) electrons. The summed E-state index contributed by atoms with van der Waals surface area (Å²) in [4.78, 5) is 26.7. The Bertz CT molecular complexity index is 796. The Hall–Kier alpha value is -2.87. The monoisotopic (exact) mass is 387 g/mol. The van der Waals surface area contributed by atoms with Crippen molar-refractivity contribution in [1.29, 1.82) is 0 Å². The first kappa shape index (κ1) is 19.9. The van der Waals surface area contributed by atoms with Gasteiger partial charge in [0.05, 0.1) is 13.2 Å². The molecule has 0 spiro atoms. The van der Waals surface area contributed by atoms with Crippen molar-refractivity contribution in [2.24, 2.45) is 0 Å². The molecule has 0 unspecified atom stereocenters. The van der Waals surface area contributed by atoms with E-state index in [0.29, 0.717) is 30.3 Å². The minimum atomic E-state index is -0.260. The molecule has 1 aliphatic heterocycles. The summed E-state index contributed by atoms with van der Waals surface area (Å²) in [5.41, 5.74) is 0.918. The van der Waals surface area contributed by atoms with E-state index in [1.165, 1.54) is 0 Å². The summed E-state index contributed by atoms with van der Waals surface area (Å²) in [6, 6.07) is 8.68. The van der Waals surface area contributed by atoms with Crippen LogP contribution in [0.1, 0.15) is 35.5 Å². The van der Waals surface area contributed by atoms with Crippen LogP contribution in [0.4, 0.5) is 5.69 Å². The summed E-state index contributed by atoms with van der Waals surface area (Å²) in [5.74, 6) is 0.850. The molecular weight excluding hydrogens is 362 g/mol. The second-order valence-electron chi connectivity index (χ2n) is 6.74. The first-order valence-corrected chi connectivity index (χ1v) is 9.33. The summed E-state index contributed by atoms with van der Waals surface area (Å²) < 4.78 is 15.8. The first-order chi connectivity index (χ1) is 13.5. The van der Waals surface area contributed by atoms with Crippen molar-refractivity contribution in [3.05, 3.63) is 41.8 Å². The van der Waals surface area contributed by atoms with E-state index in [1.807, 2.05) is 0 Å². The van der Waals surface area contributed by atoms with Crippen molar-refractivity contribution < 1.29 is 23.6 Å². The molecule has 8 heteroatoms. The Kier molecular flexibility index (Phi) is 6.65. The number of ether oxygens (including phenoxy) is 2. The van der Waals surface area contributed by atoms with E-state index < -0.39 is 0 Å². The quantitative estimate of drug-likeness (QED) is 0.748. The van der Waals surface area contributed by atoms with Gasteiger partial charge in [-0.25, -0.2) is 0 Å². The normalized spacial score (nSPS) is 16.0. The molecule has 2 aromatic rings. The number of aryl methyl sites for hydroxylation is 1. The molecule has 1 aromatic carbocycles. The third-order valence-corrected chi connectivity index (χ3v) is 4.56. The van der Waals surface area contributed by atoms with E-state index in [9.17, 15) is 9.59 Å². The lowest BCUT2D eigenvalue weighted by molar-refractivity contribution is -0.116. The molecule has 1 N–H and O–H groups in total. The number of nitrogens with one attached hydrogen (secondary N) is 1. The number of methoxy groups -OCH3 is 1. The Morgan fingerprint density at radius 3 is 2.71 bits per heavy atom. The van der Waals surface area contributed by atoms with Crippen LogP contribution in [0.3, 0.4) is 0 Å². The number of nitrogens with zero attached hydrogens (tertiary/aromatic N) is 2. The Balaban J connectivity index is 1.59. The smallest absolute Gasteiger partial charge is 0.276 e. The molecule has 0 aliphatic carbocycles. The molecule has 2 amide bonds. The lowest BCUT2D eigenvalue weighted by Gasteiger charge is -2.24. The van der Waals surface area contributed by atoms with E-state index in [0.717, 1.165) is 12.8 Å². The van der Waals surface area contributed by atoms with Crippen LogP contribution in [0.25, 0.3) is 0 Å². The highest BCUT2D eigenvalue weighted by atomic mass is 16.5. The predicted molar refractivity (Wildman–Crippen MR) is 102 cm³/mol. The van der Waals surface area contributed by atoms with Crippen molar-refractivity contribution in [3.8, 4) is 5.75 Å². The number of hydrogen-bond acceptors (Lipinski definition) is 6. The molecule has 1 atom stereocenters. The number of benzene rings is 1. The number of amides is 2. The number of rotatable bonds is 8. The van der Waals surface area contributed by atoms with E-state index in [4.69, 9.17) is 14.0 Å². The van der Waals surface area contributed by atoms with Crippen LogP contribution in [0.15, 0.2) is 34.9 Å². The molecule has 150 valence electrons. The van der Waals surface area contributed by atoms with Crippen molar-refractivity contribution in [2.75, 3.05) is 32.1 Å². The maximum absolute atomic E-state index is 12.8. The van der Waals surface area contributed by atoms with Gasteiger partial charge in [0.25, 0.3) is 5.91 Å². The molecule has 0 bridgehead atoms. The van der Waals surface area contributed by atoms with Gasteiger partial charge in [0, 0.05) is 37.9 Å². The molecule has 0 saturated carbocycles. The number of anilines is 1. The van der Waals surface area contributed by atoms with Gasteiger partial charge in [-0.05, 0) is 44.0 Å². The summed E-state index contributed by atoms with van der Waals surface area (Å²) in [6.07, 6.45) is 2.04. The van der Waals surface area contributed by atoms with Crippen LogP contribution in [-0.2, 0) is 9.53 Å². The van der Waals surface area contributed by atoms with Crippen LogP contribution < -0.4 is 10.1 Å². The van der Waals surface area contributed by atoms with Crippen LogP contribution in [-0.4, -0.2) is 54.8 Å². The fourth-order valence-corrected chi connectivity index (χ4v) is 3.07. The summed E-state index contributed by atoms with van der Waals surface area (Å²) in [6.45, 7) is 3.14. The lowest BCUT2D eigenvalue weighted by atomic mass is 10.2. The molecular formula is C20H25N3O5.